The van der Waals surface area contributed by atoms with E-state index in [1.807, 2.05) is 17.0 Å². The van der Waals surface area contributed by atoms with Gasteiger partial charge in [-0.15, -0.1) is 0 Å². The average Bonchev–Trinajstić information content (AvgIpc) is 2.85. The zero-order valence-corrected chi connectivity index (χ0v) is 14.1. The Morgan fingerprint density at radius 2 is 2.04 bits per heavy atom. The van der Waals surface area contributed by atoms with Crippen LogP contribution >= 0.6 is 0 Å². The smallest absolute Gasteiger partial charge is 0.258 e. The van der Waals surface area contributed by atoms with Crippen LogP contribution in [0.4, 0.5) is 5.69 Å². The number of anilines is 1. The summed E-state index contributed by atoms with van der Waals surface area (Å²) in [6.45, 7) is 5.63. The molecule has 1 aliphatic heterocycles. The molecule has 0 saturated carbocycles. The number of fused-ring (bicyclic) bond motifs is 2. The maximum Gasteiger partial charge on any atom is 0.258 e. The first-order chi connectivity index (χ1) is 11.2. The van der Waals surface area contributed by atoms with E-state index in [1.165, 1.54) is 18.4 Å². The number of rotatable bonds is 6. The molecule has 2 aromatic rings. The minimum atomic E-state index is 0.0325. The minimum absolute atomic E-state index is 0.0325. The number of nitrogens with zero attached hydrogens (tertiary/aromatic N) is 2. The summed E-state index contributed by atoms with van der Waals surface area (Å²) in [6.07, 6.45) is 5.55. The highest BCUT2D eigenvalue weighted by atomic mass is 16.2. The molecule has 1 amide bonds. The van der Waals surface area contributed by atoms with Crippen molar-refractivity contribution in [2.75, 3.05) is 12.3 Å². The van der Waals surface area contributed by atoms with Crippen LogP contribution in [0.5, 0.6) is 0 Å². The van der Waals surface area contributed by atoms with E-state index in [-0.39, 0.29) is 5.91 Å². The maximum absolute atomic E-state index is 12.6. The van der Waals surface area contributed by atoms with Crippen molar-refractivity contribution >= 4 is 22.5 Å². The number of carbonyl (C=O) groups is 1. The molecule has 0 spiro atoms. The third-order valence-electron chi connectivity index (χ3n) is 4.60. The summed E-state index contributed by atoms with van der Waals surface area (Å²) in [5, 5.41) is 0.921. The van der Waals surface area contributed by atoms with Gasteiger partial charge >= 0.3 is 0 Å². The largest absolute Gasteiger partial charge is 0.397 e. The standard InChI is InChI=1S/C19H25N3O/c1-3-5-6-8-13-9-7-10-14-17(20)16-15(21-18(13)14)12-22(11-4-2)19(16)23/h7,9-10H,3-6,8,11-12H2,1-2H3,(H2,20,21). The molecule has 1 aliphatic rings. The van der Waals surface area contributed by atoms with Gasteiger partial charge in [-0.1, -0.05) is 44.9 Å². The summed E-state index contributed by atoms with van der Waals surface area (Å²) >= 11 is 0. The second kappa shape index (κ2) is 6.57. The van der Waals surface area contributed by atoms with Crippen molar-refractivity contribution in [2.45, 2.75) is 52.5 Å². The van der Waals surface area contributed by atoms with Crippen LogP contribution in [0, 0.1) is 0 Å². The van der Waals surface area contributed by atoms with Gasteiger partial charge in [0.15, 0.2) is 0 Å². The van der Waals surface area contributed by atoms with Crippen molar-refractivity contribution in [3.63, 3.8) is 0 Å². The molecule has 4 heteroatoms. The highest BCUT2D eigenvalue weighted by molar-refractivity contribution is 6.09. The predicted molar refractivity (Wildman–Crippen MR) is 94.4 cm³/mol. The summed E-state index contributed by atoms with van der Waals surface area (Å²) in [4.78, 5) is 19.2. The van der Waals surface area contributed by atoms with Crippen molar-refractivity contribution in [3.8, 4) is 0 Å². The number of nitrogens with two attached hydrogens (primary N) is 1. The van der Waals surface area contributed by atoms with Crippen LogP contribution in [0.3, 0.4) is 0 Å². The first-order valence-electron chi connectivity index (χ1n) is 8.66. The number of pyridine rings is 1. The fraction of sp³-hybridized carbons (Fsp3) is 0.474. The zero-order valence-electron chi connectivity index (χ0n) is 14.1. The fourth-order valence-corrected chi connectivity index (χ4v) is 3.40. The number of amides is 1. The molecule has 0 fully saturated rings. The van der Waals surface area contributed by atoms with Gasteiger partial charge in [0.25, 0.3) is 5.91 Å². The summed E-state index contributed by atoms with van der Waals surface area (Å²) in [6, 6.07) is 6.14. The minimum Gasteiger partial charge on any atom is -0.397 e. The van der Waals surface area contributed by atoms with Crippen molar-refractivity contribution in [3.05, 3.63) is 35.0 Å². The number of benzene rings is 1. The highest BCUT2D eigenvalue weighted by Gasteiger charge is 2.31. The Balaban J connectivity index is 2.05. The summed E-state index contributed by atoms with van der Waals surface area (Å²) in [5.74, 6) is 0.0325. The van der Waals surface area contributed by atoms with Gasteiger partial charge in [-0.2, -0.15) is 0 Å². The number of aryl methyl sites for hydroxylation is 1. The first kappa shape index (κ1) is 15.8. The Morgan fingerprint density at radius 3 is 2.78 bits per heavy atom. The molecule has 1 aromatic heterocycles. The molecule has 3 rings (SSSR count). The normalized spacial score (nSPS) is 13.8. The topological polar surface area (TPSA) is 59.2 Å². The number of nitrogen functional groups attached to an aromatic ring is 1. The number of hydrogen-bond donors (Lipinski definition) is 1. The van der Waals surface area contributed by atoms with E-state index in [0.717, 1.165) is 42.4 Å². The number of unbranched alkanes of at least 4 members (excludes halogenated alkanes) is 2. The lowest BCUT2D eigenvalue weighted by atomic mass is 10.0. The monoisotopic (exact) mass is 311 g/mol. The van der Waals surface area contributed by atoms with Gasteiger partial charge in [0.05, 0.1) is 29.0 Å². The summed E-state index contributed by atoms with van der Waals surface area (Å²) in [5.41, 5.74) is 10.6. The first-order valence-corrected chi connectivity index (χ1v) is 8.66. The van der Waals surface area contributed by atoms with Crippen LogP contribution in [0.1, 0.15) is 61.1 Å². The van der Waals surface area contributed by atoms with E-state index in [9.17, 15) is 4.79 Å². The zero-order chi connectivity index (χ0) is 16.4. The molecule has 4 nitrogen and oxygen atoms in total. The van der Waals surface area contributed by atoms with Crippen LogP contribution in [0.15, 0.2) is 18.2 Å². The van der Waals surface area contributed by atoms with Gasteiger partial charge in [0.1, 0.15) is 0 Å². The molecular weight excluding hydrogens is 286 g/mol. The Morgan fingerprint density at radius 1 is 1.22 bits per heavy atom. The Kier molecular flexibility index (Phi) is 4.51. The van der Waals surface area contributed by atoms with Gasteiger partial charge < -0.3 is 10.6 Å². The average molecular weight is 311 g/mol. The van der Waals surface area contributed by atoms with Gasteiger partial charge in [-0.25, -0.2) is 4.98 Å². The van der Waals surface area contributed by atoms with Gasteiger partial charge in [0.2, 0.25) is 0 Å². The van der Waals surface area contributed by atoms with Crippen LogP contribution in [0.25, 0.3) is 10.9 Å². The molecule has 0 unspecified atom stereocenters. The third kappa shape index (κ3) is 2.78. The molecule has 0 radical (unpaired) electrons. The highest BCUT2D eigenvalue weighted by Crippen LogP contribution is 2.33. The van der Waals surface area contributed by atoms with Crippen LogP contribution in [-0.4, -0.2) is 22.3 Å². The van der Waals surface area contributed by atoms with E-state index in [2.05, 4.69) is 19.9 Å². The third-order valence-corrected chi connectivity index (χ3v) is 4.60. The van der Waals surface area contributed by atoms with Gasteiger partial charge in [-0.3, -0.25) is 4.79 Å². The molecule has 0 atom stereocenters. The molecule has 0 bridgehead atoms. The number of aromatic nitrogens is 1. The lowest BCUT2D eigenvalue weighted by Gasteiger charge is -2.13. The Hall–Kier alpha value is -2.10. The van der Waals surface area contributed by atoms with Crippen molar-refractivity contribution in [1.82, 2.24) is 9.88 Å². The molecule has 122 valence electrons. The van der Waals surface area contributed by atoms with Crippen molar-refractivity contribution < 1.29 is 4.79 Å². The van der Waals surface area contributed by atoms with Crippen molar-refractivity contribution in [2.24, 2.45) is 0 Å². The van der Waals surface area contributed by atoms with Crippen LogP contribution < -0.4 is 5.73 Å². The lowest BCUT2D eigenvalue weighted by Crippen LogP contribution is -2.24. The lowest BCUT2D eigenvalue weighted by molar-refractivity contribution is 0.0779. The molecular formula is C19H25N3O. The number of carbonyl (C=O) groups excluding carboxylic acids is 1. The van der Waals surface area contributed by atoms with Crippen LogP contribution in [0.2, 0.25) is 0 Å². The summed E-state index contributed by atoms with van der Waals surface area (Å²) in [7, 11) is 0. The second-order valence-electron chi connectivity index (χ2n) is 6.34. The fourth-order valence-electron chi connectivity index (χ4n) is 3.40. The van der Waals surface area contributed by atoms with E-state index in [4.69, 9.17) is 10.7 Å². The molecule has 2 N–H and O–H groups in total. The van der Waals surface area contributed by atoms with Gasteiger partial charge in [-0.05, 0) is 24.8 Å². The number of para-hydroxylation sites is 1. The van der Waals surface area contributed by atoms with E-state index in [0.29, 0.717) is 17.8 Å². The van der Waals surface area contributed by atoms with Crippen molar-refractivity contribution in [1.29, 1.82) is 0 Å². The predicted octanol–water partition coefficient (Wildman–Crippen LogP) is 3.92. The molecule has 23 heavy (non-hydrogen) atoms. The quantitative estimate of drug-likeness (QED) is 0.823. The Labute approximate surface area is 137 Å². The molecule has 1 aromatic carbocycles. The number of hydrogen-bond acceptors (Lipinski definition) is 3. The molecule has 0 aliphatic carbocycles. The maximum atomic E-state index is 12.6. The summed E-state index contributed by atoms with van der Waals surface area (Å²) < 4.78 is 0. The van der Waals surface area contributed by atoms with Crippen LogP contribution in [-0.2, 0) is 13.0 Å². The Bertz CT molecular complexity index is 739. The van der Waals surface area contributed by atoms with E-state index in [1.54, 1.807) is 0 Å². The second-order valence-corrected chi connectivity index (χ2v) is 6.34. The molecule has 2 heterocycles. The molecule has 0 saturated heterocycles. The van der Waals surface area contributed by atoms with E-state index >= 15 is 0 Å². The van der Waals surface area contributed by atoms with E-state index < -0.39 is 0 Å². The van der Waals surface area contributed by atoms with Gasteiger partial charge in [0, 0.05) is 11.9 Å². The SMILES string of the molecule is CCCCCc1cccc2c(N)c3c(nc12)CN(CCC)C3=O.